The molecule has 168 valence electrons. The molecule has 4 heterocycles. The SMILES string of the molecule is CN(C)C(=O)c1nn(C)c2c1COC1(CCN(C(=O)Cc3c[nH]c4ccccc34)CC1)C2. The molecule has 8 nitrogen and oxygen atoms in total. The maximum Gasteiger partial charge on any atom is 0.274 e. The maximum atomic E-state index is 13.0. The Kier molecular flexibility index (Phi) is 5.04. The molecule has 8 heteroatoms. The molecule has 1 saturated heterocycles. The molecule has 0 bridgehead atoms. The van der Waals surface area contributed by atoms with Gasteiger partial charge < -0.3 is 19.5 Å². The van der Waals surface area contributed by atoms with Crippen LogP contribution >= 0.6 is 0 Å². The van der Waals surface area contributed by atoms with Crippen LogP contribution in [0.2, 0.25) is 0 Å². The monoisotopic (exact) mass is 435 g/mol. The molecule has 0 unspecified atom stereocenters. The predicted molar refractivity (Wildman–Crippen MR) is 120 cm³/mol. The summed E-state index contributed by atoms with van der Waals surface area (Å²) in [5, 5.41) is 5.59. The summed E-state index contributed by atoms with van der Waals surface area (Å²) in [6.07, 6.45) is 4.63. The molecule has 5 rings (SSSR count). The molecule has 1 aromatic carbocycles. The van der Waals surface area contributed by atoms with Crippen LogP contribution in [0.1, 0.15) is 40.2 Å². The van der Waals surface area contributed by atoms with Crippen molar-refractivity contribution in [3.05, 3.63) is 53.0 Å². The number of carbonyl (C=O) groups is 2. The minimum absolute atomic E-state index is 0.0981. The van der Waals surface area contributed by atoms with Gasteiger partial charge >= 0.3 is 0 Å². The second kappa shape index (κ2) is 7.78. The summed E-state index contributed by atoms with van der Waals surface area (Å²) in [6, 6.07) is 8.07. The van der Waals surface area contributed by atoms with Gasteiger partial charge in [-0.25, -0.2) is 0 Å². The summed E-state index contributed by atoms with van der Waals surface area (Å²) in [5.41, 5.74) is 4.25. The number of ether oxygens (including phenoxy) is 1. The molecule has 0 aliphatic carbocycles. The molecule has 3 aromatic rings. The molecule has 0 atom stereocenters. The zero-order valence-corrected chi connectivity index (χ0v) is 18.9. The molecule has 2 aliphatic rings. The van der Waals surface area contributed by atoms with Crippen LogP contribution in [-0.2, 0) is 36.0 Å². The summed E-state index contributed by atoms with van der Waals surface area (Å²) in [6.45, 7) is 1.75. The molecular weight excluding hydrogens is 406 g/mol. The Morgan fingerprint density at radius 2 is 1.97 bits per heavy atom. The number of aryl methyl sites for hydroxylation is 1. The smallest absolute Gasteiger partial charge is 0.274 e. The molecule has 0 saturated carbocycles. The fraction of sp³-hybridized carbons (Fsp3) is 0.458. The first-order valence-corrected chi connectivity index (χ1v) is 11.1. The third-order valence-electron chi connectivity index (χ3n) is 6.94. The second-order valence-electron chi connectivity index (χ2n) is 9.16. The van der Waals surface area contributed by atoms with E-state index in [1.807, 2.05) is 41.0 Å². The van der Waals surface area contributed by atoms with Crippen LogP contribution in [0.15, 0.2) is 30.5 Å². The Labute approximate surface area is 187 Å². The van der Waals surface area contributed by atoms with E-state index in [1.165, 1.54) is 0 Å². The highest BCUT2D eigenvalue weighted by Gasteiger charge is 2.42. The number of likely N-dealkylation sites (tertiary alicyclic amines) is 1. The highest BCUT2D eigenvalue weighted by Crippen LogP contribution is 2.37. The number of rotatable bonds is 3. The Bertz CT molecular complexity index is 1180. The minimum atomic E-state index is -0.295. The van der Waals surface area contributed by atoms with E-state index in [2.05, 4.69) is 16.1 Å². The van der Waals surface area contributed by atoms with Gasteiger partial charge in [0.1, 0.15) is 0 Å². The van der Waals surface area contributed by atoms with Gasteiger partial charge in [-0.15, -0.1) is 0 Å². The van der Waals surface area contributed by atoms with Gasteiger partial charge in [0, 0.05) is 69.0 Å². The van der Waals surface area contributed by atoms with Crippen LogP contribution in [0.4, 0.5) is 0 Å². The Hall–Kier alpha value is -3.13. The van der Waals surface area contributed by atoms with Gasteiger partial charge in [-0.2, -0.15) is 5.10 Å². The molecule has 1 N–H and O–H groups in total. The van der Waals surface area contributed by atoms with Crippen molar-refractivity contribution in [3.8, 4) is 0 Å². The van der Waals surface area contributed by atoms with E-state index in [1.54, 1.807) is 19.0 Å². The van der Waals surface area contributed by atoms with Crippen molar-refractivity contribution < 1.29 is 14.3 Å². The van der Waals surface area contributed by atoms with Gasteiger partial charge in [0.2, 0.25) is 5.91 Å². The average molecular weight is 436 g/mol. The van der Waals surface area contributed by atoms with Crippen molar-refractivity contribution in [3.63, 3.8) is 0 Å². The fourth-order valence-corrected chi connectivity index (χ4v) is 4.98. The first-order valence-electron chi connectivity index (χ1n) is 11.1. The highest BCUT2D eigenvalue weighted by atomic mass is 16.5. The van der Waals surface area contributed by atoms with Crippen LogP contribution < -0.4 is 0 Å². The van der Waals surface area contributed by atoms with E-state index in [9.17, 15) is 9.59 Å². The standard InChI is InChI=1S/C24H29N5O3/c1-27(2)23(31)22-18-15-32-24(13-20(18)28(3)26-22)8-10-29(11-9-24)21(30)12-16-14-25-19-7-5-4-6-17(16)19/h4-7,14,25H,8-13,15H2,1-3H3. The number of fused-ring (bicyclic) bond motifs is 2. The van der Waals surface area contributed by atoms with E-state index in [0.717, 1.165) is 47.0 Å². The number of piperidine rings is 1. The van der Waals surface area contributed by atoms with Gasteiger partial charge in [-0.05, 0) is 24.5 Å². The number of benzene rings is 1. The minimum Gasteiger partial charge on any atom is -0.370 e. The van der Waals surface area contributed by atoms with Crippen molar-refractivity contribution in [1.29, 1.82) is 0 Å². The van der Waals surface area contributed by atoms with Crippen molar-refractivity contribution in [2.24, 2.45) is 7.05 Å². The second-order valence-corrected chi connectivity index (χ2v) is 9.16. The number of nitrogens with zero attached hydrogens (tertiary/aromatic N) is 4. The van der Waals surface area contributed by atoms with Crippen molar-refractivity contribution in [2.75, 3.05) is 27.2 Å². The van der Waals surface area contributed by atoms with Crippen molar-refractivity contribution in [2.45, 2.75) is 37.9 Å². The summed E-state index contributed by atoms with van der Waals surface area (Å²) < 4.78 is 8.17. The highest BCUT2D eigenvalue weighted by molar-refractivity contribution is 5.93. The summed E-state index contributed by atoms with van der Waals surface area (Å²) >= 11 is 0. The number of aromatic nitrogens is 3. The molecule has 32 heavy (non-hydrogen) atoms. The summed E-state index contributed by atoms with van der Waals surface area (Å²) in [7, 11) is 5.36. The zero-order chi connectivity index (χ0) is 22.5. The quantitative estimate of drug-likeness (QED) is 0.684. The first-order chi connectivity index (χ1) is 15.4. The molecular formula is C24H29N5O3. The molecule has 2 aliphatic heterocycles. The third-order valence-corrected chi connectivity index (χ3v) is 6.94. The Morgan fingerprint density at radius 1 is 1.22 bits per heavy atom. The number of nitrogens with one attached hydrogen (secondary N) is 1. The Morgan fingerprint density at radius 3 is 2.72 bits per heavy atom. The van der Waals surface area contributed by atoms with E-state index in [0.29, 0.717) is 31.8 Å². The zero-order valence-electron chi connectivity index (χ0n) is 18.9. The molecule has 2 amide bonds. The van der Waals surface area contributed by atoms with Crippen LogP contribution in [0.25, 0.3) is 10.9 Å². The van der Waals surface area contributed by atoms with Crippen LogP contribution in [-0.4, -0.2) is 69.2 Å². The van der Waals surface area contributed by atoms with Crippen molar-refractivity contribution >= 4 is 22.7 Å². The summed E-state index contributed by atoms with van der Waals surface area (Å²) in [4.78, 5) is 32.2. The fourth-order valence-electron chi connectivity index (χ4n) is 4.98. The lowest BCUT2D eigenvalue weighted by molar-refractivity contribution is -0.140. The van der Waals surface area contributed by atoms with Crippen LogP contribution in [0.5, 0.6) is 0 Å². The van der Waals surface area contributed by atoms with Gasteiger partial charge in [0.15, 0.2) is 5.69 Å². The normalized spacial score (nSPS) is 17.5. The van der Waals surface area contributed by atoms with Gasteiger partial charge in [0.25, 0.3) is 5.91 Å². The maximum absolute atomic E-state index is 13.0. The number of hydrogen-bond acceptors (Lipinski definition) is 4. The number of H-pyrrole nitrogens is 1. The number of hydrogen-bond donors (Lipinski definition) is 1. The first kappa shape index (κ1) is 20.8. The molecule has 0 radical (unpaired) electrons. The third kappa shape index (κ3) is 3.48. The number of aromatic amines is 1. The van der Waals surface area contributed by atoms with E-state index >= 15 is 0 Å². The Balaban J connectivity index is 1.26. The lowest BCUT2D eigenvalue weighted by Crippen LogP contribution is -2.51. The molecule has 1 spiro atoms. The van der Waals surface area contributed by atoms with Crippen molar-refractivity contribution in [1.82, 2.24) is 24.6 Å². The van der Waals surface area contributed by atoms with Crippen LogP contribution in [0.3, 0.4) is 0 Å². The molecule has 2 aromatic heterocycles. The van der Waals surface area contributed by atoms with Gasteiger partial charge in [-0.3, -0.25) is 14.3 Å². The van der Waals surface area contributed by atoms with Gasteiger partial charge in [0.05, 0.1) is 18.6 Å². The van der Waals surface area contributed by atoms with Gasteiger partial charge in [-0.1, -0.05) is 18.2 Å². The molecule has 1 fully saturated rings. The largest absolute Gasteiger partial charge is 0.370 e. The lowest BCUT2D eigenvalue weighted by Gasteiger charge is -2.44. The lowest BCUT2D eigenvalue weighted by atomic mass is 9.83. The van der Waals surface area contributed by atoms with E-state index in [4.69, 9.17) is 4.74 Å². The number of carbonyl (C=O) groups excluding carboxylic acids is 2. The predicted octanol–water partition coefficient (Wildman–Crippen LogP) is 2.28. The summed E-state index contributed by atoms with van der Waals surface area (Å²) in [5.74, 6) is 0.0552. The topological polar surface area (TPSA) is 83.5 Å². The number of amides is 2. The van der Waals surface area contributed by atoms with E-state index in [-0.39, 0.29) is 17.4 Å². The van der Waals surface area contributed by atoms with Crippen LogP contribution in [0, 0.1) is 0 Å². The van der Waals surface area contributed by atoms with E-state index < -0.39 is 0 Å². The average Bonchev–Trinajstić information content (AvgIpc) is 3.34. The number of para-hydroxylation sites is 1.